The van der Waals surface area contributed by atoms with Crippen LogP contribution in [-0.4, -0.2) is 53.8 Å². The molecule has 98 valence electrons. The van der Waals surface area contributed by atoms with Gasteiger partial charge in [-0.1, -0.05) is 0 Å². The third-order valence-corrected chi connectivity index (χ3v) is 3.97. The molecule has 0 aromatic rings. The minimum Gasteiger partial charge on any atom is -0.479 e. The van der Waals surface area contributed by atoms with Crippen molar-refractivity contribution in [1.29, 1.82) is 0 Å². The molecule has 8 heteroatoms. The van der Waals surface area contributed by atoms with Crippen molar-refractivity contribution in [1.82, 2.24) is 4.90 Å². The molecule has 0 unspecified atom stereocenters. The Bertz CT molecular complexity index is 435. The number of ether oxygens (including phenoxy) is 1. The zero-order valence-electron chi connectivity index (χ0n) is 9.84. The zero-order valence-corrected chi connectivity index (χ0v) is 10.7. The van der Waals surface area contributed by atoms with Crippen LogP contribution < -0.4 is 0 Å². The maximum absolute atomic E-state index is 11.6. The highest BCUT2D eigenvalue weighted by Crippen LogP contribution is 2.21. The summed E-state index contributed by atoms with van der Waals surface area (Å²) in [6.45, 7) is 4.69. The standard InChI is InChI=1S/C9H15NO6S/c1-9(2,3)16-8(13)10-4-5-17(14,15)6(10)7(11)12/h6H,4-5H2,1-3H3,(H,11,12)/t6-/m0/s1. The first-order valence-electron chi connectivity index (χ1n) is 4.98. The summed E-state index contributed by atoms with van der Waals surface area (Å²) < 4.78 is 27.9. The highest BCUT2D eigenvalue weighted by Gasteiger charge is 2.47. The second-order valence-corrected chi connectivity index (χ2v) is 6.91. The fourth-order valence-electron chi connectivity index (χ4n) is 1.44. The molecule has 1 heterocycles. The number of nitrogens with zero attached hydrogens (tertiary/aromatic N) is 1. The maximum Gasteiger partial charge on any atom is 0.411 e. The van der Waals surface area contributed by atoms with Gasteiger partial charge in [0.15, 0.2) is 9.84 Å². The highest BCUT2D eigenvalue weighted by molar-refractivity contribution is 7.93. The molecule has 1 aliphatic heterocycles. The number of hydrogen-bond acceptors (Lipinski definition) is 5. The molecule has 1 amide bonds. The number of amides is 1. The first kappa shape index (κ1) is 13.8. The van der Waals surface area contributed by atoms with Crippen LogP contribution in [-0.2, 0) is 19.4 Å². The molecule has 0 bridgehead atoms. The van der Waals surface area contributed by atoms with Gasteiger partial charge in [0.1, 0.15) is 5.60 Å². The smallest absolute Gasteiger partial charge is 0.411 e. The summed E-state index contributed by atoms with van der Waals surface area (Å²) in [4.78, 5) is 23.2. The van der Waals surface area contributed by atoms with E-state index >= 15 is 0 Å². The van der Waals surface area contributed by atoms with Crippen LogP contribution in [0, 0.1) is 0 Å². The van der Waals surface area contributed by atoms with E-state index in [4.69, 9.17) is 9.84 Å². The number of carboxylic acid groups (broad SMARTS) is 1. The highest BCUT2D eigenvalue weighted by atomic mass is 32.2. The van der Waals surface area contributed by atoms with E-state index in [1.54, 1.807) is 20.8 Å². The fraction of sp³-hybridized carbons (Fsp3) is 0.778. The lowest BCUT2D eigenvalue weighted by atomic mass is 10.2. The van der Waals surface area contributed by atoms with Crippen molar-refractivity contribution < 1.29 is 27.9 Å². The predicted octanol–water partition coefficient (Wildman–Crippen LogP) is 0.0626. The SMILES string of the molecule is CC(C)(C)OC(=O)N1CCS(=O)(=O)[C@H]1C(=O)O. The van der Waals surface area contributed by atoms with Gasteiger partial charge in [-0.15, -0.1) is 0 Å². The summed E-state index contributed by atoms with van der Waals surface area (Å²) in [5, 5.41) is 7.00. The van der Waals surface area contributed by atoms with E-state index in [0.717, 1.165) is 4.90 Å². The fourth-order valence-corrected chi connectivity index (χ4v) is 3.00. The van der Waals surface area contributed by atoms with Crippen LogP contribution in [0.25, 0.3) is 0 Å². The Labute approximate surface area is 99.3 Å². The van der Waals surface area contributed by atoms with Crippen LogP contribution in [0.2, 0.25) is 0 Å². The summed E-state index contributed by atoms with van der Waals surface area (Å²) in [5.74, 6) is -1.92. The average Bonchev–Trinajstić information content (AvgIpc) is 2.37. The largest absolute Gasteiger partial charge is 0.479 e. The molecule has 1 aliphatic rings. The number of carbonyl (C=O) groups excluding carboxylic acids is 1. The van der Waals surface area contributed by atoms with Gasteiger partial charge in [0.25, 0.3) is 0 Å². The molecule has 0 aromatic carbocycles. The van der Waals surface area contributed by atoms with Crippen LogP contribution in [0.1, 0.15) is 20.8 Å². The number of aliphatic carboxylic acids is 1. The van der Waals surface area contributed by atoms with Crippen molar-refractivity contribution >= 4 is 21.9 Å². The lowest BCUT2D eigenvalue weighted by Gasteiger charge is -2.25. The van der Waals surface area contributed by atoms with E-state index in [1.807, 2.05) is 0 Å². The van der Waals surface area contributed by atoms with Crippen molar-refractivity contribution in [2.45, 2.75) is 31.7 Å². The van der Waals surface area contributed by atoms with Gasteiger partial charge >= 0.3 is 12.1 Å². The Hall–Kier alpha value is -1.31. The van der Waals surface area contributed by atoms with Crippen LogP contribution >= 0.6 is 0 Å². The Morgan fingerprint density at radius 1 is 1.35 bits per heavy atom. The molecule has 1 saturated heterocycles. The van der Waals surface area contributed by atoms with Crippen LogP contribution in [0.15, 0.2) is 0 Å². The van der Waals surface area contributed by atoms with Crippen LogP contribution in [0.4, 0.5) is 4.79 Å². The van der Waals surface area contributed by atoms with E-state index < -0.39 is 32.9 Å². The molecule has 1 atom stereocenters. The van der Waals surface area contributed by atoms with Crippen molar-refractivity contribution in [3.63, 3.8) is 0 Å². The van der Waals surface area contributed by atoms with Gasteiger partial charge < -0.3 is 9.84 Å². The van der Waals surface area contributed by atoms with Crippen molar-refractivity contribution in [2.24, 2.45) is 0 Å². The van der Waals surface area contributed by atoms with E-state index in [9.17, 15) is 18.0 Å². The first-order valence-corrected chi connectivity index (χ1v) is 6.70. The number of carbonyl (C=O) groups is 2. The number of rotatable bonds is 1. The molecular weight excluding hydrogens is 250 g/mol. The molecule has 0 radical (unpaired) electrons. The number of sulfone groups is 1. The molecule has 7 nitrogen and oxygen atoms in total. The lowest BCUT2D eigenvalue weighted by Crippen LogP contribution is -2.45. The van der Waals surface area contributed by atoms with Gasteiger partial charge in [0.05, 0.1) is 5.75 Å². The van der Waals surface area contributed by atoms with Gasteiger partial charge in [-0.3, -0.25) is 4.90 Å². The summed E-state index contributed by atoms with van der Waals surface area (Å²) in [7, 11) is -3.81. The summed E-state index contributed by atoms with van der Waals surface area (Å²) in [6.07, 6.45) is -0.925. The molecule has 1 rings (SSSR count). The summed E-state index contributed by atoms with van der Waals surface area (Å²) in [5.41, 5.74) is -0.799. The van der Waals surface area contributed by atoms with Gasteiger partial charge in [-0.25, -0.2) is 18.0 Å². The van der Waals surface area contributed by atoms with Crippen LogP contribution in [0.5, 0.6) is 0 Å². The maximum atomic E-state index is 11.6. The number of hydrogen-bond donors (Lipinski definition) is 1. The normalized spacial score (nSPS) is 23.5. The summed E-state index contributed by atoms with van der Waals surface area (Å²) in [6, 6.07) is 0. The van der Waals surface area contributed by atoms with Gasteiger partial charge in [0.2, 0.25) is 5.37 Å². The molecule has 0 aliphatic carbocycles. The average molecular weight is 265 g/mol. The molecule has 1 N–H and O–H groups in total. The quantitative estimate of drug-likeness (QED) is 0.719. The second-order valence-electron chi connectivity index (χ2n) is 4.73. The topological polar surface area (TPSA) is 101 Å². The molecule has 0 aromatic heterocycles. The van der Waals surface area contributed by atoms with Crippen molar-refractivity contribution in [2.75, 3.05) is 12.3 Å². The number of carboxylic acids is 1. The van der Waals surface area contributed by atoms with E-state index in [1.165, 1.54) is 0 Å². The van der Waals surface area contributed by atoms with Gasteiger partial charge in [0, 0.05) is 6.54 Å². The Kier molecular flexibility index (Phi) is 3.37. The molecule has 0 saturated carbocycles. The van der Waals surface area contributed by atoms with Gasteiger partial charge in [-0.05, 0) is 20.8 Å². The molecule has 1 fully saturated rings. The van der Waals surface area contributed by atoms with Crippen molar-refractivity contribution in [3.05, 3.63) is 0 Å². The van der Waals surface area contributed by atoms with E-state index in [-0.39, 0.29) is 12.3 Å². The zero-order chi connectivity index (χ0) is 13.4. The second kappa shape index (κ2) is 4.17. The Balaban J connectivity index is 2.93. The minimum atomic E-state index is -3.81. The van der Waals surface area contributed by atoms with Gasteiger partial charge in [-0.2, -0.15) is 0 Å². The predicted molar refractivity (Wildman–Crippen MR) is 58.2 cm³/mol. The van der Waals surface area contributed by atoms with E-state index in [2.05, 4.69) is 0 Å². The molecular formula is C9H15NO6S. The monoisotopic (exact) mass is 265 g/mol. The summed E-state index contributed by atoms with van der Waals surface area (Å²) >= 11 is 0. The van der Waals surface area contributed by atoms with Crippen molar-refractivity contribution in [3.8, 4) is 0 Å². The third-order valence-electron chi connectivity index (χ3n) is 2.08. The minimum absolute atomic E-state index is 0.159. The van der Waals surface area contributed by atoms with E-state index in [0.29, 0.717) is 0 Å². The lowest BCUT2D eigenvalue weighted by molar-refractivity contribution is -0.139. The Morgan fingerprint density at radius 3 is 2.29 bits per heavy atom. The van der Waals surface area contributed by atoms with Crippen LogP contribution in [0.3, 0.4) is 0 Å². The first-order chi connectivity index (χ1) is 7.54. The third kappa shape index (κ3) is 3.09. The molecule has 17 heavy (non-hydrogen) atoms. The molecule has 0 spiro atoms. The Morgan fingerprint density at radius 2 is 1.88 bits per heavy atom.